The second kappa shape index (κ2) is 4.73. The van der Waals surface area contributed by atoms with Crippen LogP contribution in [0, 0.1) is 11.8 Å². The van der Waals surface area contributed by atoms with Crippen LogP contribution in [0.1, 0.15) is 19.8 Å². The number of rotatable bonds is 5. The summed E-state index contributed by atoms with van der Waals surface area (Å²) < 4.78 is 5.13. The minimum absolute atomic E-state index is 0.832. The van der Waals surface area contributed by atoms with Crippen LogP contribution in [0.25, 0.3) is 0 Å². The summed E-state index contributed by atoms with van der Waals surface area (Å²) in [5.41, 5.74) is 0. The van der Waals surface area contributed by atoms with Gasteiger partial charge in [0.05, 0.1) is 0 Å². The summed E-state index contributed by atoms with van der Waals surface area (Å²) >= 11 is 0. The molecule has 66 valence electrons. The van der Waals surface area contributed by atoms with Gasteiger partial charge >= 0.3 is 0 Å². The molecule has 2 heteroatoms. The van der Waals surface area contributed by atoms with E-state index in [9.17, 15) is 0 Å². The van der Waals surface area contributed by atoms with E-state index in [4.69, 9.17) is 4.74 Å². The maximum absolute atomic E-state index is 5.13. The van der Waals surface area contributed by atoms with Gasteiger partial charge in [-0.15, -0.1) is 0 Å². The van der Waals surface area contributed by atoms with E-state index < -0.39 is 0 Å². The number of ether oxygens (including phenoxy) is 1. The van der Waals surface area contributed by atoms with Crippen LogP contribution in [0.2, 0.25) is 0 Å². The number of hydrogen-bond donors (Lipinski definition) is 1. The molecule has 0 aliphatic heterocycles. The average Bonchev–Trinajstić information content (AvgIpc) is 1.99. The molecule has 0 saturated heterocycles. The van der Waals surface area contributed by atoms with E-state index in [-0.39, 0.29) is 0 Å². The van der Waals surface area contributed by atoms with E-state index in [1.807, 2.05) is 0 Å². The van der Waals surface area contributed by atoms with Crippen LogP contribution >= 0.6 is 0 Å². The van der Waals surface area contributed by atoms with Gasteiger partial charge in [0.15, 0.2) is 0 Å². The highest BCUT2D eigenvalue weighted by molar-refractivity contribution is 4.81. The van der Waals surface area contributed by atoms with Gasteiger partial charge in [-0.2, -0.15) is 0 Å². The Bertz CT molecular complexity index is 106. The quantitative estimate of drug-likeness (QED) is 0.649. The lowest BCUT2D eigenvalue weighted by Crippen LogP contribution is -2.37. The molecule has 11 heavy (non-hydrogen) atoms. The van der Waals surface area contributed by atoms with Crippen molar-refractivity contribution in [1.82, 2.24) is 5.32 Å². The van der Waals surface area contributed by atoms with Crippen LogP contribution in [0.4, 0.5) is 0 Å². The second-order valence-electron chi connectivity index (χ2n) is 3.36. The van der Waals surface area contributed by atoms with Crippen molar-refractivity contribution in [3.63, 3.8) is 0 Å². The third-order valence-corrected chi connectivity index (χ3v) is 2.61. The molecular weight excluding hydrogens is 138 g/mol. The Morgan fingerprint density at radius 3 is 2.55 bits per heavy atom. The molecule has 0 unspecified atom stereocenters. The Labute approximate surface area is 69.3 Å². The topological polar surface area (TPSA) is 21.3 Å². The summed E-state index contributed by atoms with van der Waals surface area (Å²) in [4.78, 5) is 0. The molecule has 0 aromatic rings. The first-order valence-corrected chi connectivity index (χ1v) is 4.58. The van der Waals surface area contributed by atoms with E-state index in [0.29, 0.717) is 0 Å². The van der Waals surface area contributed by atoms with Crippen molar-refractivity contribution in [1.29, 1.82) is 0 Å². The molecule has 1 aliphatic carbocycles. The number of nitrogens with one attached hydrogen (secondary N) is 1. The minimum atomic E-state index is 0.832. The zero-order valence-electron chi connectivity index (χ0n) is 7.60. The first-order chi connectivity index (χ1) is 5.38. The van der Waals surface area contributed by atoms with Crippen LogP contribution in [0.3, 0.4) is 0 Å². The highest BCUT2D eigenvalue weighted by Gasteiger charge is 2.29. The predicted octanol–water partition coefficient (Wildman–Crippen LogP) is 1.27. The summed E-state index contributed by atoms with van der Waals surface area (Å²) in [5, 5.41) is 3.38. The molecule has 0 bridgehead atoms. The molecule has 1 saturated carbocycles. The smallest absolute Gasteiger partial charge is 0.0493 e. The molecule has 2 nitrogen and oxygen atoms in total. The Balaban J connectivity index is 2.05. The van der Waals surface area contributed by atoms with Crippen molar-refractivity contribution >= 4 is 0 Å². The minimum Gasteiger partial charge on any atom is -0.384 e. The van der Waals surface area contributed by atoms with Crippen LogP contribution in [0.5, 0.6) is 0 Å². The van der Waals surface area contributed by atoms with Crippen LogP contribution < -0.4 is 5.32 Å². The lowest BCUT2D eigenvalue weighted by Gasteiger charge is -2.36. The van der Waals surface area contributed by atoms with Crippen molar-refractivity contribution in [2.45, 2.75) is 19.8 Å². The molecule has 0 amide bonds. The third-order valence-electron chi connectivity index (χ3n) is 2.61. The molecule has 0 aromatic carbocycles. The molecule has 1 N–H and O–H groups in total. The number of methoxy groups -OCH3 is 1. The normalized spacial score (nSPS) is 30.0. The van der Waals surface area contributed by atoms with Crippen molar-refractivity contribution in [2.24, 2.45) is 11.8 Å². The van der Waals surface area contributed by atoms with E-state index in [0.717, 1.165) is 25.0 Å². The van der Waals surface area contributed by atoms with Gasteiger partial charge in [-0.3, -0.25) is 0 Å². The summed E-state index contributed by atoms with van der Waals surface area (Å²) in [6, 6.07) is 0. The van der Waals surface area contributed by atoms with Crippen molar-refractivity contribution in [2.75, 3.05) is 26.8 Å². The van der Waals surface area contributed by atoms with Gasteiger partial charge in [-0.25, -0.2) is 0 Å². The zero-order valence-corrected chi connectivity index (χ0v) is 7.60. The summed E-state index contributed by atoms with van der Waals surface area (Å²) in [7, 11) is 1.79. The molecule has 2 atom stereocenters. The van der Waals surface area contributed by atoms with Crippen molar-refractivity contribution < 1.29 is 4.74 Å². The van der Waals surface area contributed by atoms with Gasteiger partial charge in [0.2, 0.25) is 0 Å². The zero-order chi connectivity index (χ0) is 8.10. The molecule has 1 rings (SSSR count). The maximum Gasteiger partial charge on any atom is 0.0493 e. The fourth-order valence-electron chi connectivity index (χ4n) is 1.67. The number of hydrogen-bond acceptors (Lipinski definition) is 2. The largest absolute Gasteiger partial charge is 0.384 e. The van der Waals surface area contributed by atoms with Gasteiger partial charge in [-0.05, 0) is 37.8 Å². The SMILES string of the molecule is CCNC[C@H]1CC[C@H]1COC. The Morgan fingerprint density at radius 2 is 2.09 bits per heavy atom. The first kappa shape index (κ1) is 9.01. The molecule has 0 spiro atoms. The standard InChI is InChI=1S/C9H19NO/c1-3-10-6-8-4-5-9(8)7-11-2/h8-10H,3-7H2,1-2H3/t8-,9+/m1/s1. The molecule has 0 aromatic heterocycles. The Hall–Kier alpha value is -0.0800. The fraction of sp³-hybridized carbons (Fsp3) is 1.00. The van der Waals surface area contributed by atoms with Crippen LogP contribution in [0.15, 0.2) is 0 Å². The molecule has 0 radical (unpaired) electrons. The maximum atomic E-state index is 5.13. The van der Waals surface area contributed by atoms with Gasteiger partial charge in [0.25, 0.3) is 0 Å². The lowest BCUT2D eigenvalue weighted by molar-refractivity contribution is 0.0599. The van der Waals surface area contributed by atoms with Crippen molar-refractivity contribution in [3.05, 3.63) is 0 Å². The average molecular weight is 157 g/mol. The van der Waals surface area contributed by atoms with E-state index >= 15 is 0 Å². The van der Waals surface area contributed by atoms with Gasteiger partial charge in [-0.1, -0.05) is 6.92 Å². The summed E-state index contributed by atoms with van der Waals surface area (Å²) in [5.74, 6) is 1.72. The Morgan fingerprint density at radius 1 is 1.36 bits per heavy atom. The third kappa shape index (κ3) is 2.46. The summed E-state index contributed by atoms with van der Waals surface area (Å²) in [6.07, 6.45) is 2.75. The van der Waals surface area contributed by atoms with E-state index in [1.54, 1.807) is 7.11 Å². The van der Waals surface area contributed by atoms with Gasteiger partial charge in [0.1, 0.15) is 0 Å². The molecular formula is C9H19NO. The molecule has 1 fully saturated rings. The van der Waals surface area contributed by atoms with Crippen LogP contribution in [-0.2, 0) is 4.74 Å². The van der Waals surface area contributed by atoms with Crippen molar-refractivity contribution in [3.8, 4) is 0 Å². The monoisotopic (exact) mass is 157 g/mol. The second-order valence-corrected chi connectivity index (χ2v) is 3.36. The highest BCUT2D eigenvalue weighted by atomic mass is 16.5. The van der Waals surface area contributed by atoms with Gasteiger partial charge in [0, 0.05) is 13.7 Å². The van der Waals surface area contributed by atoms with E-state index in [2.05, 4.69) is 12.2 Å². The lowest BCUT2D eigenvalue weighted by atomic mass is 9.74. The van der Waals surface area contributed by atoms with Crippen LogP contribution in [-0.4, -0.2) is 26.8 Å². The summed E-state index contributed by atoms with van der Waals surface area (Å²) in [6.45, 7) is 5.39. The Kier molecular flexibility index (Phi) is 3.87. The molecule has 1 aliphatic rings. The highest BCUT2D eigenvalue weighted by Crippen LogP contribution is 2.33. The fourth-order valence-corrected chi connectivity index (χ4v) is 1.67. The molecule has 0 heterocycles. The first-order valence-electron chi connectivity index (χ1n) is 4.58. The predicted molar refractivity (Wildman–Crippen MR) is 46.6 cm³/mol. The van der Waals surface area contributed by atoms with Gasteiger partial charge < -0.3 is 10.1 Å². The van der Waals surface area contributed by atoms with E-state index in [1.165, 1.54) is 19.4 Å².